The number of nitrogens with one attached hydrogen (secondary N) is 1. The van der Waals surface area contributed by atoms with Crippen molar-refractivity contribution in [2.75, 3.05) is 16.8 Å². The number of hydrogen-bond donors (Lipinski definition) is 1. The molecule has 0 saturated heterocycles. The van der Waals surface area contributed by atoms with Gasteiger partial charge in [-0.1, -0.05) is 30.7 Å². The van der Waals surface area contributed by atoms with Crippen LogP contribution < -0.4 is 10.2 Å². The predicted molar refractivity (Wildman–Crippen MR) is 109 cm³/mol. The second-order valence-electron chi connectivity index (χ2n) is 6.25. The van der Waals surface area contributed by atoms with Crippen LogP contribution in [0.15, 0.2) is 59.3 Å². The summed E-state index contributed by atoms with van der Waals surface area (Å²) in [6, 6.07) is 11.3. The van der Waals surface area contributed by atoms with Gasteiger partial charge in [0.05, 0.1) is 22.8 Å². The average molecular weight is 430 g/mol. The van der Waals surface area contributed by atoms with Gasteiger partial charge in [0.15, 0.2) is 0 Å². The summed E-state index contributed by atoms with van der Waals surface area (Å²) in [5.74, 6) is -2.11. The molecule has 9 nitrogen and oxygen atoms in total. The summed E-state index contributed by atoms with van der Waals surface area (Å²) in [4.78, 5) is 48.5. The van der Waals surface area contributed by atoms with Crippen LogP contribution >= 0.6 is 11.6 Å². The van der Waals surface area contributed by atoms with E-state index in [0.29, 0.717) is 12.1 Å². The Morgan fingerprint density at radius 3 is 2.60 bits per heavy atom. The number of carbonyl (C=O) groups is 3. The Bertz CT molecular complexity index is 1080. The molecular weight excluding hydrogens is 414 g/mol. The van der Waals surface area contributed by atoms with Gasteiger partial charge >= 0.3 is 5.97 Å². The molecule has 0 bridgehead atoms. The highest BCUT2D eigenvalue weighted by Gasteiger charge is 2.39. The second-order valence-corrected chi connectivity index (χ2v) is 6.63. The molecule has 30 heavy (non-hydrogen) atoms. The Hall–Kier alpha value is -3.72. The third-order valence-corrected chi connectivity index (χ3v) is 4.48. The number of ether oxygens (including phenoxy) is 1. The van der Waals surface area contributed by atoms with E-state index in [2.05, 4.69) is 5.32 Å². The predicted octanol–water partition coefficient (Wildman–Crippen LogP) is 3.60. The third kappa shape index (κ3) is 4.15. The standard InChI is InChI=1S/C20H16ClN3O6/c1-2-9-30-20(27)12-5-3-6-13(10-12)22-17-16(21)18(25)23(19(17)26)14-7-4-8-15(11-14)24(28)29/h3-8,10-11,22H,2,9H2,1H3. The Kier molecular flexibility index (Phi) is 6.12. The maximum Gasteiger partial charge on any atom is 0.338 e. The van der Waals surface area contributed by atoms with Gasteiger partial charge in [-0.25, -0.2) is 9.69 Å². The zero-order valence-corrected chi connectivity index (χ0v) is 16.5. The molecule has 2 aromatic rings. The van der Waals surface area contributed by atoms with Crippen molar-refractivity contribution in [2.24, 2.45) is 0 Å². The largest absolute Gasteiger partial charge is 0.462 e. The number of hydrogen-bond acceptors (Lipinski definition) is 7. The van der Waals surface area contributed by atoms with Crippen LogP contribution in [-0.2, 0) is 14.3 Å². The molecule has 154 valence electrons. The molecule has 0 radical (unpaired) electrons. The highest BCUT2D eigenvalue weighted by molar-refractivity contribution is 6.53. The Labute approximate surface area is 176 Å². The van der Waals surface area contributed by atoms with E-state index < -0.39 is 22.7 Å². The van der Waals surface area contributed by atoms with Crippen molar-refractivity contribution in [2.45, 2.75) is 13.3 Å². The number of rotatable bonds is 7. The van der Waals surface area contributed by atoms with Gasteiger partial charge in [0.1, 0.15) is 10.7 Å². The van der Waals surface area contributed by atoms with Gasteiger partial charge in [-0.05, 0) is 30.7 Å². The Balaban J connectivity index is 1.85. The number of imide groups is 1. The molecule has 1 heterocycles. The van der Waals surface area contributed by atoms with Crippen molar-refractivity contribution in [3.63, 3.8) is 0 Å². The smallest absolute Gasteiger partial charge is 0.338 e. The molecule has 0 aliphatic carbocycles. The number of halogens is 1. The first-order valence-electron chi connectivity index (χ1n) is 8.90. The highest BCUT2D eigenvalue weighted by atomic mass is 35.5. The Morgan fingerprint density at radius 2 is 1.90 bits per heavy atom. The van der Waals surface area contributed by atoms with E-state index in [1.54, 1.807) is 18.2 Å². The fraction of sp³-hybridized carbons (Fsp3) is 0.150. The number of amides is 2. The second kappa shape index (κ2) is 8.75. The molecular formula is C20H16ClN3O6. The maximum atomic E-state index is 12.8. The highest BCUT2D eigenvalue weighted by Crippen LogP contribution is 2.31. The van der Waals surface area contributed by atoms with Crippen LogP contribution in [0.3, 0.4) is 0 Å². The van der Waals surface area contributed by atoms with Crippen molar-refractivity contribution >= 4 is 46.4 Å². The number of benzene rings is 2. The molecule has 10 heteroatoms. The van der Waals surface area contributed by atoms with E-state index in [1.165, 1.54) is 24.3 Å². The van der Waals surface area contributed by atoms with Gasteiger partial charge in [0.25, 0.3) is 17.5 Å². The Morgan fingerprint density at radius 1 is 1.17 bits per heavy atom. The number of carbonyl (C=O) groups excluding carboxylic acids is 3. The minimum absolute atomic E-state index is 0.0195. The minimum Gasteiger partial charge on any atom is -0.462 e. The first-order chi connectivity index (χ1) is 14.3. The van der Waals surface area contributed by atoms with Crippen molar-refractivity contribution in [3.8, 4) is 0 Å². The van der Waals surface area contributed by atoms with Gasteiger partial charge < -0.3 is 10.1 Å². The molecule has 1 N–H and O–H groups in total. The number of anilines is 2. The van der Waals surface area contributed by atoms with Crippen molar-refractivity contribution in [1.82, 2.24) is 0 Å². The summed E-state index contributed by atoms with van der Waals surface area (Å²) in [6.45, 7) is 2.15. The lowest BCUT2D eigenvalue weighted by Gasteiger charge is -2.15. The van der Waals surface area contributed by atoms with Gasteiger partial charge in [0, 0.05) is 17.8 Å². The summed E-state index contributed by atoms with van der Waals surface area (Å²) >= 11 is 6.07. The minimum atomic E-state index is -0.817. The number of nitrogens with zero attached hydrogens (tertiary/aromatic N) is 2. The quantitative estimate of drug-likeness (QED) is 0.309. The van der Waals surface area contributed by atoms with E-state index in [1.807, 2.05) is 6.92 Å². The van der Waals surface area contributed by atoms with Gasteiger partial charge in [-0.15, -0.1) is 0 Å². The first-order valence-corrected chi connectivity index (χ1v) is 9.28. The summed E-state index contributed by atoms with van der Waals surface area (Å²) < 4.78 is 5.08. The fourth-order valence-corrected chi connectivity index (χ4v) is 2.95. The van der Waals surface area contributed by atoms with E-state index >= 15 is 0 Å². The molecule has 2 aromatic carbocycles. The molecule has 0 fully saturated rings. The van der Waals surface area contributed by atoms with Crippen LogP contribution in [-0.4, -0.2) is 29.3 Å². The maximum absolute atomic E-state index is 12.8. The zero-order valence-electron chi connectivity index (χ0n) is 15.8. The molecule has 0 unspecified atom stereocenters. The number of non-ortho nitro benzene ring substituents is 1. The van der Waals surface area contributed by atoms with Crippen molar-refractivity contribution in [1.29, 1.82) is 0 Å². The lowest BCUT2D eigenvalue weighted by molar-refractivity contribution is -0.384. The first kappa shape index (κ1) is 21.0. The number of nitro benzene ring substituents is 1. The van der Waals surface area contributed by atoms with Crippen LogP contribution in [0.25, 0.3) is 0 Å². The average Bonchev–Trinajstić information content (AvgIpc) is 2.95. The van der Waals surface area contributed by atoms with E-state index in [9.17, 15) is 24.5 Å². The normalized spacial score (nSPS) is 13.6. The summed E-state index contributed by atoms with van der Waals surface area (Å²) in [5.41, 5.74) is 0.149. The summed E-state index contributed by atoms with van der Waals surface area (Å²) in [7, 11) is 0. The fourth-order valence-electron chi connectivity index (χ4n) is 2.74. The molecule has 0 aromatic heterocycles. The summed E-state index contributed by atoms with van der Waals surface area (Å²) in [5, 5.41) is 13.4. The molecule has 0 spiro atoms. The number of esters is 1. The van der Waals surface area contributed by atoms with Crippen LogP contribution in [0.2, 0.25) is 0 Å². The molecule has 3 rings (SSSR count). The lowest BCUT2D eigenvalue weighted by atomic mass is 10.2. The van der Waals surface area contributed by atoms with E-state index in [-0.39, 0.29) is 34.3 Å². The lowest BCUT2D eigenvalue weighted by Crippen LogP contribution is -2.32. The van der Waals surface area contributed by atoms with Gasteiger partial charge in [-0.2, -0.15) is 0 Å². The molecule has 1 aliphatic heterocycles. The molecule has 0 saturated carbocycles. The van der Waals surface area contributed by atoms with Crippen molar-refractivity contribution in [3.05, 3.63) is 74.9 Å². The van der Waals surface area contributed by atoms with E-state index in [0.717, 1.165) is 11.0 Å². The molecule has 2 amide bonds. The van der Waals surface area contributed by atoms with Gasteiger partial charge in [0.2, 0.25) is 0 Å². The summed E-state index contributed by atoms with van der Waals surface area (Å²) in [6.07, 6.45) is 0.677. The SMILES string of the molecule is CCCOC(=O)c1cccc(NC2=C(Cl)C(=O)N(c3cccc([N+](=O)[O-])c3)C2=O)c1. The zero-order chi connectivity index (χ0) is 21.8. The number of nitro groups is 1. The third-order valence-electron chi connectivity index (χ3n) is 4.13. The van der Waals surface area contributed by atoms with Crippen molar-refractivity contribution < 1.29 is 24.0 Å². The van der Waals surface area contributed by atoms with Crippen LogP contribution in [0.5, 0.6) is 0 Å². The van der Waals surface area contributed by atoms with Crippen LogP contribution in [0, 0.1) is 10.1 Å². The molecule has 1 aliphatic rings. The molecule has 0 atom stereocenters. The van der Waals surface area contributed by atoms with E-state index in [4.69, 9.17) is 16.3 Å². The monoisotopic (exact) mass is 429 g/mol. The van der Waals surface area contributed by atoms with Gasteiger partial charge in [-0.3, -0.25) is 19.7 Å². The topological polar surface area (TPSA) is 119 Å². The van der Waals surface area contributed by atoms with Crippen LogP contribution in [0.1, 0.15) is 23.7 Å². The van der Waals surface area contributed by atoms with Crippen LogP contribution in [0.4, 0.5) is 17.1 Å².